The van der Waals surface area contributed by atoms with Crippen molar-refractivity contribution in [2.45, 2.75) is 19.9 Å². The summed E-state index contributed by atoms with van der Waals surface area (Å²) >= 11 is 5.43. The highest BCUT2D eigenvalue weighted by Gasteiger charge is 2.33. The predicted octanol–water partition coefficient (Wildman–Crippen LogP) is 3.56. The summed E-state index contributed by atoms with van der Waals surface area (Å²) < 4.78 is 5.50. The van der Waals surface area contributed by atoms with Crippen molar-refractivity contribution in [3.8, 4) is 11.5 Å². The third-order valence-electron chi connectivity index (χ3n) is 4.65. The molecule has 6 nitrogen and oxygen atoms in total. The molecule has 0 saturated heterocycles. The normalized spacial score (nSPS) is 16.6. The van der Waals surface area contributed by atoms with Gasteiger partial charge < -0.3 is 25.4 Å². The van der Waals surface area contributed by atoms with Crippen LogP contribution in [0.1, 0.15) is 25.5 Å². The molecule has 1 aliphatic rings. The fourth-order valence-corrected chi connectivity index (χ4v) is 3.34. The Balaban J connectivity index is 2.02. The summed E-state index contributed by atoms with van der Waals surface area (Å²) in [5.74, 6) is 0.200. The second kappa shape index (κ2) is 8.31. The average Bonchev–Trinajstić information content (AvgIpc) is 2.68. The Morgan fingerprint density at radius 2 is 2.00 bits per heavy atom. The molecule has 0 fully saturated rings. The number of nitrogens with zero attached hydrogens (tertiary/aromatic N) is 1. The fourth-order valence-electron chi connectivity index (χ4n) is 3.08. The SMILES string of the molecule is CCOc1cc(C2NC(=S)N(C)C(C)=C2C(=O)Nc2ccccc2)ccc1O. The van der Waals surface area contributed by atoms with Gasteiger partial charge in [0.2, 0.25) is 0 Å². The Morgan fingerprint density at radius 1 is 1.29 bits per heavy atom. The highest BCUT2D eigenvalue weighted by molar-refractivity contribution is 7.80. The molecule has 1 unspecified atom stereocenters. The zero-order chi connectivity index (χ0) is 20.3. The summed E-state index contributed by atoms with van der Waals surface area (Å²) in [6.45, 7) is 4.13. The Kier molecular flexibility index (Phi) is 5.84. The highest BCUT2D eigenvalue weighted by Crippen LogP contribution is 2.35. The molecule has 0 aliphatic carbocycles. The lowest BCUT2D eigenvalue weighted by atomic mass is 9.94. The number of allylic oxidation sites excluding steroid dienone is 1. The largest absolute Gasteiger partial charge is 0.504 e. The number of rotatable bonds is 5. The Hall–Kier alpha value is -3.06. The Bertz CT molecular complexity index is 928. The van der Waals surface area contributed by atoms with Crippen LogP contribution in [0.15, 0.2) is 59.8 Å². The van der Waals surface area contributed by atoms with E-state index in [1.54, 1.807) is 23.1 Å². The van der Waals surface area contributed by atoms with Crippen LogP contribution in [0.5, 0.6) is 11.5 Å². The van der Waals surface area contributed by atoms with Crippen molar-refractivity contribution >= 4 is 28.9 Å². The Labute approximate surface area is 169 Å². The maximum absolute atomic E-state index is 13.1. The van der Waals surface area contributed by atoms with Gasteiger partial charge >= 0.3 is 0 Å². The molecule has 0 aromatic heterocycles. The van der Waals surface area contributed by atoms with Crippen LogP contribution in [-0.4, -0.2) is 34.7 Å². The monoisotopic (exact) mass is 397 g/mol. The number of anilines is 1. The number of nitrogens with one attached hydrogen (secondary N) is 2. The molecule has 0 spiro atoms. The molecule has 7 heteroatoms. The second-order valence-electron chi connectivity index (χ2n) is 6.42. The minimum absolute atomic E-state index is 0.0529. The standard InChI is InChI=1S/C21H23N3O3S/c1-4-27-17-12-14(10-11-16(17)25)19-18(13(2)24(3)21(28)23-19)20(26)22-15-8-6-5-7-9-15/h5-12,19,25H,4H2,1-3H3,(H,22,26)(H,23,28). The molecule has 0 radical (unpaired) electrons. The first-order valence-electron chi connectivity index (χ1n) is 8.99. The van der Waals surface area contributed by atoms with E-state index in [2.05, 4.69) is 10.6 Å². The molecule has 2 aromatic carbocycles. The minimum atomic E-state index is -0.466. The van der Waals surface area contributed by atoms with E-state index >= 15 is 0 Å². The van der Waals surface area contributed by atoms with Crippen LogP contribution >= 0.6 is 12.2 Å². The summed E-state index contributed by atoms with van der Waals surface area (Å²) in [5, 5.41) is 16.7. The van der Waals surface area contributed by atoms with Gasteiger partial charge in [0, 0.05) is 18.4 Å². The number of carbonyl (C=O) groups excluding carboxylic acids is 1. The molecule has 1 atom stereocenters. The maximum atomic E-state index is 13.1. The molecule has 1 aliphatic heterocycles. The van der Waals surface area contributed by atoms with Crippen molar-refractivity contribution in [1.29, 1.82) is 0 Å². The molecule has 3 N–H and O–H groups in total. The third-order valence-corrected chi connectivity index (χ3v) is 5.04. The smallest absolute Gasteiger partial charge is 0.255 e. The number of aromatic hydroxyl groups is 1. The van der Waals surface area contributed by atoms with Gasteiger partial charge in [-0.2, -0.15) is 0 Å². The lowest BCUT2D eigenvalue weighted by molar-refractivity contribution is -0.113. The summed E-state index contributed by atoms with van der Waals surface area (Å²) in [7, 11) is 1.82. The molecule has 0 saturated carbocycles. The summed E-state index contributed by atoms with van der Waals surface area (Å²) in [5.41, 5.74) is 2.79. The van der Waals surface area contributed by atoms with Crippen LogP contribution in [0, 0.1) is 0 Å². The van der Waals surface area contributed by atoms with Gasteiger partial charge in [0.25, 0.3) is 5.91 Å². The quantitative estimate of drug-likeness (QED) is 0.670. The van der Waals surface area contributed by atoms with Crippen molar-refractivity contribution in [3.63, 3.8) is 0 Å². The van der Waals surface area contributed by atoms with Gasteiger partial charge in [-0.15, -0.1) is 0 Å². The minimum Gasteiger partial charge on any atom is -0.504 e. The van der Waals surface area contributed by atoms with Gasteiger partial charge in [-0.3, -0.25) is 4.79 Å². The van der Waals surface area contributed by atoms with Crippen molar-refractivity contribution in [2.75, 3.05) is 19.0 Å². The molecule has 1 amide bonds. The molecule has 2 aromatic rings. The predicted molar refractivity (Wildman–Crippen MR) is 113 cm³/mol. The van der Waals surface area contributed by atoms with Gasteiger partial charge in [-0.25, -0.2) is 0 Å². The number of hydrogen-bond acceptors (Lipinski definition) is 4. The topological polar surface area (TPSA) is 73.8 Å². The maximum Gasteiger partial charge on any atom is 0.255 e. The van der Waals surface area contributed by atoms with E-state index in [1.807, 2.05) is 51.2 Å². The summed E-state index contributed by atoms with van der Waals surface area (Å²) in [6, 6.07) is 13.9. The van der Waals surface area contributed by atoms with Gasteiger partial charge in [-0.1, -0.05) is 24.3 Å². The summed E-state index contributed by atoms with van der Waals surface area (Å²) in [6.07, 6.45) is 0. The van der Waals surface area contributed by atoms with E-state index in [9.17, 15) is 9.90 Å². The number of hydrogen-bond donors (Lipinski definition) is 3. The highest BCUT2D eigenvalue weighted by atomic mass is 32.1. The number of phenols is 1. The number of amides is 1. The lowest BCUT2D eigenvalue weighted by Gasteiger charge is -2.36. The molecule has 3 rings (SSSR count). The molecule has 0 bridgehead atoms. The van der Waals surface area contributed by atoms with Gasteiger partial charge in [0.15, 0.2) is 16.6 Å². The van der Waals surface area contributed by atoms with Crippen molar-refractivity contribution in [3.05, 3.63) is 65.4 Å². The van der Waals surface area contributed by atoms with Crippen LogP contribution in [0.3, 0.4) is 0 Å². The van der Waals surface area contributed by atoms with E-state index < -0.39 is 6.04 Å². The molecule has 1 heterocycles. The number of carbonyl (C=O) groups is 1. The molecule has 28 heavy (non-hydrogen) atoms. The van der Waals surface area contributed by atoms with Gasteiger partial charge in [0.1, 0.15) is 0 Å². The van der Waals surface area contributed by atoms with Crippen molar-refractivity contribution < 1.29 is 14.6 Å². The first-order valence-corrected chi connectivity index (χ1v) is 9.40. The van der Waals surface area contributed by atoms with Crippen molar-refractivity contribution in [2.24, 2.45) is 0 Å². The zero-order valence-electron chi connectivity index (χ0n) is 16.0. The third kappa shape index (κ3) is 3.94. The van der Waals surface area contributed by atoms with Crippen LogP contribution in [0.4, 0.5) is 5.69 Å². The first-order chi connectivity index (χ1) is 13.4. The van der Waals surface area contributed by atoms with Gasteiger partial charge in [0.05, 0.1) is 18.2 Å². The average molecular weight is 398 g/mol. The van der Waals surface area contributed by atoms with Crippen LogP contribution in [0.25, 0.3) is 0 Å². The van der Waals surface area contributed by atoms with Gasteiger partial charge in [-0.05, 0) is 55.9 Å². The number of benzene rings is 2. The van der Waals surface area contributed by atoms with E-state index in [0.717, 1.165) is 11.3 Å². The lowest BCUT2D eigenvalue weighted by Crippen LogP contribution is -2.46. The van der Waals surface area contributed by atoms with Crippen LogP contribution in [0.2, 0.25) is 0 Å². The van der Waals surface area contributed by atoms with E-state index in [0.29, 0.717) is 28.7 Å². The molecular weight excluding hydrogens is 374 g/mol. The van der Waals surface area contributed by atoms with E-state index in [-0.39, 0.29) is 11.7 Å². The Morgan fingerprint density at radius 3 is 2.68 bits per heavy atom. The van der Waals surface area contributed by atoms with Crippen LogP contribution < -0.4 is 15.4 Å². The van der Waals surface area contributed by atoms with Crippen molar-refractivity contribution in [1.82, 2.24) is 10.2 Å². The second-order valence-corrected chi connectivity index (χ2v) is 6.81. The van der Waals surface area contributed by atoms with Crippen LogP contribution in [-0.2, 0) is 4.79 Å². The first kappa shape index (κ1) is 19.7. The molecular formula is C21H23N3O3S. The van der Waals surface area contributed by atoms with E-state index in [1.165, 1.54) is 0 Å². The fraction of sp³-hybridized carbons (Fsp3) is 0.238. The number of ether oxygens (including phenoxy) is 1. The molecule has 146 valence electrons. The summed E-state index contributed by atoms with van der Waals surface area (Å²) in [4.78, 5) is 14.9. The zero-order valence-corrected chi connectivity index (χ0v) is 16.8. The number of thiocarbonyl (C=S) groups is 1. The number of phenolic OH excluding ortho intramolecular Hbond substituents is 1. The number of para-hydroxylation sites is 1. The van der Waals surface area contributed by atoms with E-state index in [4.69, 9.17) is 17.0 Å².